The Balaban J connectivity index is 1.97. The van der Waals surface area contributed by atoms with Gasteiger partial charge in [0, 0.05) is 12.6 Å². The molecule has 10 nitrogen and oxygen atoms in total. The summed E-state index contributed by atoms with van der Waals surface area (Å²) in [7, 11) is 0. The monoisotopic (exact) mass is 524 g/mol. The number of carbonyl (C=O) groups is 4. The van der Waals surface area contributed by atoms with E-state index in [0.717, 1.165) is 12.0 Å². The highest BCUT2D eigenvalue weighted by Gasteiger charge is 2.42. The van der Waals surface area contributed by atoms with E-state index < -0.39 is 47.9 Å². The van der Waals surface area contributed by atoms with Crippen molar-refractivity contribution in [2.45, 2.75) is 76.7 Å². The van der Waals surface area contributed by atoms with Gasteiger partial charge in [0.05, 0.1) is 6.42 Å². The molecule has 1 saturated carbocycles. The number of hydrogen-bond donors (Lipinski definition) is 4. The standard InChI is InChI=1S/C28H36N4O6/c1-28(2,3)38-27(37)31-22(16-23(29)34)26(36)32(20-12-8-13-20)24(19-11-7-14-21(33)15-19)25(35)30-17-18-9-5-4-6-10-18/h4-7,9-11,14-15,20,22,24,33H,8,12-13,16-17H2,1-3H3,(H2,29,34)(H,30,35)(H,31,37). The van der Waals surface area contributed by atoms with Crippen LogP contribution in [0, 0.1) is 0 Å². The normalized spacial score (nSPS) is 14.9. The molecule has 1 aliphatic rings. The van der Waals surface area contributed by atoms with E-state index in [9.17, 15) is 24.3 Å². The van der Waals surface area contributed by atoms with Gasteiger partial charge in [-0.3, -0.25) is 14.4 Å². The molecule has 0 bridgehead atoms. The maximum Gasteiger partial charge on any atom is 0.408 e. The van der Waals surface area contributed by atoms with E-state index in [2.05, 4.69) is 10.6 Å². The van der Waals surface area contributed by atoms with Crippen molar-refractivity contribution in [3.05, 3.63) is 65.7 Å². The molecular weight excluding hydrogens is 488 g/mol. The smallest absolute Gasteiger partial charge is 0.408 e. The van der Waals surface area contributed by atoms with Gasteiger partial charge in [0.1, 0.15) is 23.4 Å². The Morgan fingerprint density at radius 1 is 1.08 bits per heavy atom. The Morgan fingerprint density at radius 3 is 2.32 bits per heavy atom. The summed E-state index contributed by atoms with van der Waals surface area (Å²) in [5.41, 5.74) is 5.85. The fraction of sp³-hybridized carbons (Fsp3) is 0.429. The molecule has 0 aliphatic heterocycles. The molecule has 3 rings (SSSR count). The number of nitrogens with two attached hydrogens (primary N) is 1. The number of benzene rings is 2. The van der Waals surface area contributed by atoms with Crippen molar-refractivity contribution in [3.8, 4) is 5.75 Å². The lowest BCUT2D eigenvalue weighted by molar-refractivity contribution is -0.148. The van der Waals surface area contributed by atoms with Crippen LogP contribution in [0.25, 0.3) is 0 Å². The first kappa shape index (κ1) is 28.5. The van der Waals surface area contributed by atoms with E-state index in [0.29, 0.717) is 18.4 Å². The molecule has 2 aromatic rings. The Morgan fingerprint density at radius 2 is 1.76 bits per heavy atom. The molecule has 0 heterocycles. The van der Waals surface area contributed by atoms with E-state index in [1.54, 1.807) is 32.9 Å². The van der Waals surface area contributed by atoms with Gasteiger partial charge in [0.15, 0.2) is 0 Å². The lowest BCUT2D eigenvalue weighted by Gasteiger charge is -2.43. The van der Waals surface area contributed by atoms with Crippen LogP contribution in [-0.4, -0.2) is 51.5 Å². The molecule has 10 heteroatoms. The molecule has 38 heavy (non-hydrogen) atoms. The maximum absolute atomic E-state index is 14.0. The first-order valence-corrected chi connectivity index (χ1v) is 12.6. The molecule has 0 aromatic heterocycles. The second kappa shape index (κ2) is 12.4. The summed E-state index contributed by atoms with van der Waals surface area (Å²) < 4.78 is 5.29. The average Bonchev–Trinajstić information content (AvgIpc) is 2.79. The van der Waals surface area contributed by atoms with E-state index in [4.69, 9.17) is 10.5 Å². The van der Waals surface area contributed by atoms with Gasteiger partial charge >= 0.3 is 6.09 Å². The van der Waals surface area contributed by atoms with Crippen LogP contribution in [0.15, 0.2) is 54.6 Å². The summed E-state index contributed by atoms with van der Waals surface area (Å²) in [6, 6.07) is 12.7. The number of rotatable bonds is 10. The lowest BCUT2D eigenvalue weighted by atomic mass is 9.87. The quantitative estimate of drug-likeness (QED) is 0.375. The topological polar surface area (TPSA) is 151 Å². The Labute approximate surface area is 222 Å². The summed E-state index contributed by atoms with van der Waals surface area (Å²) in [5, 5.41) is 15.5. The number of ether oxygens (including phenoxy) is 1. The van der Waals surface area contributed by atoms with Crippen molar-refractivity contribution in [1.29, 1.82) is 0 Å². The third-order valence-electron chi connectivity index (χ3n) is 6.14. The van der Waals surface area contributed by atoms with E-state index in [1.807, 2.05) is 30.3 Å². The third kappa shape index (κ3) is 7.96. The van der Waals surface area contributed by atoms with Gasteiger partial charge in [-0.1, -0.05) is 42.5 Å². The summed E-state index contributed by atoms with van der Waals surface area (Å²) in [6.07, 6.45) is 0.783. The summed E-state index contributed by atoms with van der Waals surface area (Å²) in [5.74, 6) is -1.96. The second-order valence-corrected chi connectivity index (χ2v) is 10.4. The average molecular weight is 525 g/mol. The molecule has 0 radical (unpaired) electrons. The minimum Gasteiger partial charge on any atom is -0.508 e. The van der Waals surface area contributed by atoms with E-state index >= 15 is 0 Å². The minimum atomic E-state index is -1.34. The molecule has 4 amide bonds. The van der Waals surface area contributed by atoms with Crippen LogP contribution in [0.2, 0.25) is 0 Å². The number of phenolic OH excluding ortho intramolecular Hbond substituents is 1. The summed E-state index contributed by atoms with van der Waals surface area (Å²) in [4.78, 5) is 53.5. The molecule has 1 aliphatic carbocycles. The zero-order chi connectivity index (χ0) is 27.9. The van der Waals surface area contributed by atoms with Gasteiger partial charge in [-0.05, 0) is 63.3 Å². The Bertz CT molecular complexity index is 1140. The number of hydrogen-bond acceptors (Lipinski definition) is 6. The van der Waals surface area contributed by atoms with Crippen LogP contribution in [0.3, 0.4) is 0 Å². The highest BCUT2D eigenvalue weighted by molar-refractivity contribution is 5.94. The van der Waals surface area contributed by atoms with E-state index in [1.165, 1.54) is 17.0 Å². The highest BCUT2D eigenvalue weighted by atomic mass is 16.6. The van der Waals surface area contributed by atoms with Crippen molar-refractivity contribution in [1.82, 2.24) is 15.5 Å². The van der Waals surface area contributed by atoms with Crippen LogP contribution >= 0.6 is 0 Å². The van der Waals surface area contributed by atoms with Crippen LogP contribution in [0.5, 0.6) is 5.75 Å². The number of primary amides is 1. The molecular formula is C28H36N4O6. The summed E-state index contributed by atoms with van der Waals surface area (Å²) in [6.45, 7) is 5.25. The number of carbonyl (C=O) groups excluding carboxylic acids is 4. The number of alkyl carbamates (subject to hydrolysis) is 1. The Hall–Kier alpha value is -4.08. The number of nitrogens with zero attached hydrogens (tertiary/aromatic N) is 1. The van der Waals surface area contributed by atoms with Crippen LogP contribution in [0.1, 0.15) is 63.6 Å². The van der Waals surface area contributed by atoms with Crippen molar-refractivity contribution >= 4 is 23.8 Å². The largest absolute Gasteiger partial charge is 0.508 e. The maximum atomic E-state index is 14.0. The van der Waals surface area contributed by atoms with Crippen LogP contribution in [-0.2, 0) is 25.7 Å². The number of nitrogens with one attached hydrogen (secondary N) is 2. The first-order valence-electron chi connectivity index (χ1n) is 12.6. The van der Waals surface area contributed by atoms with Gasteiger partial charge in [-0.25, -0.2) is 4.79 Å². The predicted molar refractivity (Wildman–Crippen MR) is 141 cm³/mol. The molecule has 5 N–H and O–H groups in total. The Kier molecular flexibility index (Phi) is 9.33. The van der Waals surface area contributed by atoms with Crippen molar-refractivity contribution < 1.29 is 29.0 Å². The number of amides is 4. The molecule has 0 spiro atoms. The van der Waals surface area contributed by atoms with E-state index in [-0.39, 0.29) is 18.3 Å². The summed E-state index contributed by atoms with van der Waals surface area (Å²) >= 11 is 0. The van der Waals surface area contributed by atoms with Crippen LogP contribution in [0.4, 0.5) is 4.79 Å². The van der Waals surface area contributed by atoms with Gasteiger partial charge in [-0.15, -0.1) is 0 Å². The first-order chi connectivity index (χ1) is 17.9. The van der Waals surface area contributed by atoms with Gasteiger partial charge < -0.3 is 31.1 Å². The highest BCUT2D eigenvalue weighted by Crippen LogP contribution is 2.34. The fourth-order valence-corrected chi connectivity index (χ4v) is 4.23. The zero-order valence-corrected chi connectivity index (χ0v) is 22.0. The lowest BCUT2D eigenvalue weighted by Crippen LogP contribution is -2.58. The van der Waals surface area contributed by atoms with Gasteiger partial charge in [-0.2, -0.15) is 0 Å². The van der Waals surface area contributed by atoms with Crippen molar-refractivity contribution in [2.24, 2.45) is 5.73 Å². The number of phenols is 1. The van der Waals surface area contributed by atoms with Gasteiger partial charge in [0.25, 0.3) is 0 Å². The SMILES string of the molecule is CC(C)(C)OC(=O)NC(CC(N)=O)C(=O)N(C1CCC1)C(C(=O)NCc1ccccc1)c1cccc(O)c1. The third-order valence-corrected chi connectivity index (χ3v) is 6.14. The number of aromatic hydroxyl groups is 1. The minimum absolute atomic E-state index is 0.0649. The molecule has 2 aromatic carbocycles. The fourth-order valence-electron chi connectivity index (χ4n) is 4.23. The van der Waals surface area contributed by atoms with Crippen molar-refractivity contribution in [2.75, 3.05) is 0 Å². The predicted octanol–water partition coefficient (Wildman–Crippen LogP) is 2.90. The molecule has 2 atom stereocenters. The second-order valence-electron chi connectivity index (χ2n) is 10.4. The van der Waals surface area contributed by atoms with Crippen LogP contribution < -0.4 is 16.4 Å². The van der Waals surface area contributed by atoms with Crippen molar-refractivity contribution in [3.63, 3.8) is 0 Å². The molecule has 1 fully saturated rings. The molecule has 2 unspecified atom stereocenters. The molecule has 204 valence electrons. The molecule has 0 saturated heterocycles. The van der Waals surface area contributed by atoms with Gasteiger partial charge in [0.2, 0.25) is 17.7 Å². The zero-order valence-electron chi connectivity index (χ0n) is 22.0.